The molecule has 0 fully saturated rings. The number of halogens is 4. The van der Waals surface area contributed by atoms with Gasteiger partial charge in [0.15, 0.2) is 5.82 Å². The van der Waals surface area contributed by atoms with Crippen molar-refractivity contribution in [2.45, 2.75) is 12.7 Å². The average molecular weight is 409 g/mol. The summed E-state index contributed by atoms with van der Waals surface area (Å²) in [6.45, 7) is 0.108. The van der Waals surface area contributed by atoms with Crippen molar-refractivity contribution in [3.05, 3.63) is 81.0 Å². The van der Waals surface area contributed by atoms with E-state index in [2.05, 4.69) is 15.3 Å². The highest BCUT2D eigenvalue weighted by Gasteiger charge is 2.30. The molecule has 0 bridgehead atoms. The van der Waals surface area contributed by atoms with Crippen LogP contribution in [0.1, 0.15) is 11.1 Å². The lowest BCUT2D eigenvalue weighted by atomic mass is 10.1. The first-order valence-electron chi connectivity index (χ1n) is 7.92. The summed E-state index contributed by atoms with van der Waals surface area (Å²) < 4.78 is 38.1. The number of hydrogen-bond donors (Lipinski definition) is 1. The van der Waals surface area contributed by atoms with E-state index in [9.17, 15) is 23.3 Å². The maximum Gasteiger partial charge on any atom is 0.416 e. The molecule has 0 aliphatic rings. The number of nitrogens with one attached hydrogen (secondary N) is 1. The zero-order valence-electron chi connectivity index (χ0n) is 14.1. The van der Waals surface area contributed by atoms with Crippen molar-refractivity contribution in [3.8, 4) is 11.4 Å². The zero-order valence-corrected chi connectivity index (χ0v) is 14.8. The lowest BCUT2D eigenvalue weighted by Gasteiger charge is -2.10. The van der Waals surface area contributed by atoms with Gasteiger partial charge in [0.25, 0.3) is 5.69 Å². The van der Waals surface area contributed by atoms with Crippen molar-refractivity contribution in [1.82, 2.24) is 9.97 Å². The SMILES string of the molecule is O=[N+]([O-])c1ccccc1CNc1cc(Cl)nc(-c2ccc(C(F)(F)F)cc2)n1. The summed E-state index contributed by atoms with van der Waals surface area (Å²) in [5.41, 5.74) is -0.0336. The van der Waals surface area contributed by atoms with Gasteiger partial charge in [0.2, 0.25) is 0 Å². The number of alkyl halides is 3. The van der Waals surface area contributed by atoms with Gasteiger partial charge in [-0.1, -0.05) is 41.9 Å². The van der Waals surface area contributed by atoms with Crippen molar-refractivity contribution in [2.24, 2.45) is 0 Å². The number of nitro benzene ring substituents is 1. The van der Waals surface area contributed by atoms with Crippen LogP contribution in [0.2, 0.25) is 5.15 Å². The molecule has 0 aliphatic carbocycles. The Hall–Kier alpha value is -3.20. The van der Waals surface area contributed by atoms with Crippen molar-refractivity contribution < 1.29 is 18.1 Å². The summed E-state index contributed by atoms with van der Waals surface area (Å²) in [6, 6.07) is 12.0. The maximum atomic E-state index is 12.7. The van der Waals surface area contributed by atoms with Gasteiger partial charge >= 0.3 is 6.18 Å². The molecule has 28 heavy (non-hydrogen) atoms. The van der Waals surface area contributed by atoms with E-state index in [0.717, 1.165) is 12.1 Å². The van der Waals surface area contributed by atoms with E-state index in [4.69, 9.17) is 11.6 Å². The van der Waals surface area contributed by atoms with Gasteiger partial charge in [0.1, 0.15) is 11.0 Å². The van der Waals surface area contributed by atoms with Gasteiger partial charge in [0.05, 0.1) is 10.5 Å². The van der Waals surface area contributed by atoms with Crippen LogP contribution in [0.5, 0.6) is 0 Å². The number of anilines is 1. The Balaban J connectivity index is 1.83. The standard InChI is InChI=1S/C18H12ClF3N4O2/c19-15-9-16(23-10-12-3-1-2-4-14(12)26(27)28)25-17(24-15)11-5-7-13(8-6-11)18(20,21)22/h1-9H,10H2,(H,23,24,25). The number of nitrogens with zero attached hydrogens (tertiary/aromatic N) is 3. The van der Waals surface area contributed by atoms with E-state index in [-0.39, 0.29) is 29.0 Å². The van der Waals surface area contributed by atoms with Crippen LogP contribution in [0, 0.1) is 10.1 Å². The number of hydrogen-bond acceptors (Lipinski definition) is 5. The predicted octanol–water partition coefficient (Wildman–Crippen LogP) is 5.34. The highest BCUT2D eigenvalue weighted by atomic mass is 35.5. The molecule has 144 valence electrons. The smallest absolute Gasteiger partial charge is 0.366 e. The third-order valence-corrected chi connectivity index (χ3v) is 4.01. The maximum absolute atomic E-state index is 12.7. The number of rotatable bonds is 5. The fraction of sp³-hybridized carbons (Fsp3) is 0.111. The molecular formula is C18H12ClF3N4O2. The monoisotopic (exact) mass is 408 g/mol. The number of aromatic nitrogens is 2. The molecule has 0 saturated carbocycles. The van der Waals surface area contributed by atoms with Crippen LogP contribution in [-0.2, 0) is 12.7 Å². The second-order valence-corrected chi connectivity index (χ2v) is 6.10. The summed E-state index contributed by atoms with van der Waals surface area (Å²) in [5.74, 6) is 0.416. The first-order chi connectivity index (χ1) is 13.2. The van der Waals surface area contributed by atoms with Crippen LogP contribution in [0.15, 0.2) is 54.6 Å². The molecule has 6 nitrogen and oxygen atoms in total. The number of para-hydroxylation sites is 1. The lowest BCUT2D eigenvalue weighted by Crippen LogP contribution is -2.06. The molecule has 1 aromatic heterocycles. The molecule has 0 unspecified atom stereocenters. The highest BCUT2D eigenvalue weighted by Crippen LogP contribution is 2.31. The van der Waals surface area contributed by atoms with E-state index in [1.807, 2.05) is 0 Å². The summed E-state index contributed by atoms with van der Waals surface area (Å²) in [4.78, 5) is 18.8. The fourth-order valence-corrected chi connectivity index (χ4v) is 2.65. The normalized spacial score (nSPS) is 11.3. The molecule has 1 heterocycles. The molecular weight excluding hydrogens is 397 g/mol. The van der Waals surface area contributed by atoms with Gasteiger partial charge < -0.3 is 5.32 Å². The van der Waals surface area contributed by atoms with Gasteiger partial charge in [-0.05, 0) is 12.1 Å². The number of benzene rings is 2. The van der Waals surface area contributed by atoms with Crippen molar-refractivity contribution in [3.63, 3.8) is 0 Å². The quantitative estimate of drug-likeness (QED) is 0.350. The molecule has 3 rings (SSSR count). The van der Waals surface area contributed by atoms with Gasteiger partial charge in [-0.2, -0.15) is 13.2 Å². The number of nitro groups is 1. The molecule has 0 spiro atoms. The van der Waals surface area contributed by atoms with Crippen LogP contribution >= 0.6 is 11.6 Å². The Bertz CT molecular complexity index is 1010. The Kier molecular flexibility index (Phi) is 5.46. The molecule has 0 amide bonds. The zero-order chi connectivity index (χ0) is 20.3. The van der Waals surface area contributed by atoms with Crippen LogP contribution in [-0.4, -0.2) is 14.9 Å². The van der Waals surface area contributed by atoms with Gasteiger partial charge in [-0.3, -0.25) is 10.1 Å². The average Bonchev–Trinajstić information content (AvgIpc) is 2.65. The van der Waals surface area contributed by atoms with Crippen molar-refractivity contribution in [2.75, 3.05) is 5.32 Å². The van der Waals surface area contributed by atoms with Crippen LogP contribution < -0.4 is 5.32 Å². The minimum absolute atomic E-state index is 0.0434. The van der Waals surface area contributed by atoms with E-state index in [0.29, 0.717) is 11.1 Å². The molecule has 0 radical (unpaired) electrons. The fourth-order valence-electron chi connectivity index (χ4n) is 2.47. The lowest BCUT2D eigenvalue weighted by molar-refractivity contribution is -0.385. The van der Waals surface area contributed by atoms with Crippen molar-refractivity contribution in [1.29, 1.82) is 0 Å². The highest BCUT2D eigenvalue weighted by molar-refractivity contribution is 6.29. The van der Waals surface area contributed by atoms with E-state index >= 15 is 0 Å². The predicted molar refractivity (Wildman–Crippen MR) is 97.9 cm³/mol. The second-order valence-electron chi connectivity index (χ2n) is 5.71. The Morgan fingerprint density at radius 1 is 1.07 bits per heavy atom. The molecule has 0 saturated heterocycles. The van der Waals surface area contributed by atoms with Crippen LogP contribution in [0.4, 0.5) is 24.7 Å². The molecule has 10 heteroatoms. The largest absolute Gasteiger partial charge is 0.416 e. The third-order valence-electron chi connectivity index (χ3n) is 3.81. The first kappa shape index (κ1) is 19.6. The summed E-state index contributed by atoms with van der Waals surface area (Å²) in [5, 5.41) is 14.1. The van der Waals surface area contributed by atoms with Gasteiger partial charge in [-0.15, -0.1) is 0 Å². The van der Waals surface area contributed by atoms with E-state index < -0.39 is 16.7 Å². The minimum atomic E-state index is -4.44. The second kappa shape index (κ2) is 7.81. The molecule has 2 aromatic carbocycles. The topological polar surface area (TPSA) is 81.0 Å². The minimum Gasteiger partial charge on any atom is -0.366 e. The third kappa shape index (κ3) is 4.55. The van der Waals surface area contributed by atoms with Crippen LogP contribution in [0.25, 0.3) is 11.4 Å². The Morgan fingerprint density at radius 3 is 2.39 bits per heavy atom. The summed E-state index contributed by atoms with van der Waals surface area (Å²) in [7, 11) is 0. The molecule has 3 aromatic rings. The van der Waals surface area contributed by atoms with Crippen LogP contribution in [0.3, 0.4) is 0 Å². The Morgan fingerprint density at radius 2 is 1.75 bits per heavy atom. The summed E-state index contributed by atoms with van der Waals surface area (Å²) in [6.07, 6.45) is -4.44. The van der Waals surface area contributed by atoms with E-state index in [1.54, 1.807) is 18.2 Å². The molecule has 0 aliphatic heterocycles. The van der Waals surface area contributed by atoms with Gasteiger partial charge in [0, 0.05) is 29.8 Å². The van der Waals surface area contributed by atoms with E-state index in [1.165, 1.54) is 24.3 Å². The van der Waals surface area contributed by atoms with Crippen molar-refractivity contribution >= 4 is 23.1 Å². The molecule has 1 N–H and O–H groups in total. The Labute approximate surface area is 162 Å². The molecule has 0 atom stereocenters. The van der Waals surface area contributed by atoms with Gasteiger partial charge in [-0.25, -0.2) is 9.97 Å². The summed E-state index contributed by atoms with van der Waals surface area (Å²) >= 11 is 5.99. The first-order valence-corrected chi connectivity index (χ1v) is 8.30.